The Hall–Kier alpha value is -3.49. The quantitative estimate of drug-likeness (QED) is 0.390. The summed E-state index contributed by atoms with van der Waals surface area (Å²) < 4.78 is 0. The fourth-order valence-electron chi connectivity index (χ4n) is 6.55. The van der Waals surface area contributed by atoms with E-state index in [4.69, 9.17) is 0 Å². The van der Waals surface area contributed by atoms with Gasteiger partial charge in [-0.2, -0.15) is 0 Å². The summed E-state index contributed by atoms with van der Waals surface area (Å²) in [6, 6.07) is 3.51. The third kappa shape index (κ3) is 3.39. The summed E-state index contributed by atoms with van der Waals surface area (Å²) in [5.41, 5.74) is -0.348. The molecule has 5 N–H and O–H groups in total. The predicted octanol–water partition coefficient (Wildman–Crippen LogP) is 3.27. The van der Waals surface area contributed by atoms with Crippen molar-refractivity contribution in [1.82, 2.24) is 0 Å². The van der Waals surface area contributed by atoms with Gasteiger partial charge in [0, 0.05) is 23.8 Å². The van der Waals surface area contributed by atoms with Crippen molar-refractivity contribution in [3.63, 3.8) is 0 Å². The number of benzene rings is 1. The van der Waals surface area contributed by atoms with Crippen LogP contribution in [-0.4, -0.2) is 54.6 Å². The van der Waals surface area contributed by atoms with Crippen molar-refractivity contribution in [2.24, 2.45) is 11.8 Å². The molecule has 0 aromatic heterocycles. The zero-order valence-corrected chi connectivity index (χ0v) is 20.9. The van der Waals surface area contributed by atoms with Gasteiger partial charge >= 0.3 is 0 Å². The van der Waals surface area contributed by atoms with Gasteiger partial charge < -0.3 is 25.5 Å². The predicted molar refractivity (Wildman–Crippen MR) is 134 cm³/mol. The van der Waals surface area contributed by atoms with Gasteiger partial charge in [-0.3, -0.25) is 14.4 Å². The van der Waals surface area contributed by atoms with Crippen LogP contribution in [0.25, 0.3) is 5.76 Å². The molecule has 0 unspecified atom stereocenters. The van der Waals surface area contributed by atoms with Crippen molar-refractivity contribution in [3.05, 3.63) is 69.0 Å². The second-order valence-corrected chi connectivity index (χ2v) is 10.5. The molecule has 0 aliphatic heterocycles. The number of fused-ring (bicyclic) bond motifs is 3. The third-order valence-corrected chi connectivity index (χ3v) is 8.53. The number of aliphatic hydroxyl groups is 4. The number of phenols is 1. The van der Waals surface area contributed by atoms with E-state index in [0.29, 0.717) is 17.5 Å². The number of rotatable bonds is 4. The molecule has 0 spiro atoms. The molecule has 4 aliphatic carbocycles. The van der Waals surface area contributed by atoms with Crippen molar-refractivity contribution < 1.29 is 39.9 Å². The van der Waals surface area contributed by atoms with Crippen LogP contribution < -0.4 is 0 Å². The highest BCUT2D eigenvalue weighted by molar-refractivity contribution is 6.23. The molecule has 0 amide bonds. The lowest BCUT2D eigenvalue weighted by atomic mass is 9.55. The lowest BCUT2D eigenvalue weighted by molar-refractivity contribution is -0.160. The van der Waals surface area contributed by atoms with E-state index in [-0.39, 0.29) is 16.9 Å². The Bertz CT molecular complexity index is 1390. The molecule has 194 valence electrons. The molecule has 0 saturated heterocycles. The number of phenolic OH excluding ortho intramolecular Hbond substituents is 1. The number of aromatic hydroxyl groups is 1. The minimum Gasteiger partial charge on any atom is -0.508 e. The Kier molecular flexibility index (Phi) is 5.80. The van der Waals surface area contributed by atoms with Gasteiger partial charge in [-0.05, 0) is 43.2 Å². The van der Waals surface area contributed by atoms with E-state index in [0.717, 1.165) is 25.3 Å². The van der Waals surface area contributed by atoms with Crippen molar-refractivity contribution in [1.29, 1.82) is 0 Å². The molecule has 4 aliphatic rings. The van der Waals surface area contributed by atoms with Crippen molar-refractivity contribution in [2.75, 3.05) is 0 Å². The molecule has 5 atom stereocenters. The first kappa shape index (κ1) is 25.2. The molecule has 1 aromatic rings. The maximum absolute atomic E-state index is 13.8. The fourth-order valence-corrected chi connectivity index (χ4v) is 6.55. The summed E-state index contributed by atoms with van der Waals surface area (Å²) in [4.78, 5) is 38.4. The first-order valence-electron chi connectivity index (χ1n) is 12.5. The summed E-state index contributed by atoms with van der Waals surface area (Å²) in [5, 5.41) is 56.1. The van der Waals surface area contributed by atoms with Gasteiger partial charge in [0.1, 0.15) is 22.8 Å². The van der Waals surface area contributed by atoms with Crippen molar-refractivity contribution in [2.45, 2.75) is 64.1 Å². The highest BCUT2D eigenvalue weighted by atomic mass is 16.4. The zero-order chi connectivity index (χ0) is 27.0. The van der Waals surface area contributed by atoms with E-state index < -0.39 is 70.3 Å². The number of hydrogen-bond acceptors (Lipinski definition) is 8. The molecule has 1 saturated carbocycles. The first-order valence-corrected chi connectivity index (χ1v) is 12.5. The second-order valence-electron chi connectivity index (χ2n) is 10.5. The molecule has 8 nitrogen and oxygen atoms in total. The lowest BCUT2D eigenvalue weighted by Gasteiger charge is -2.50. The number of ketones is 3. The van der Waals surface area contributed by atoms with Gasteiger partial charge in [-0.1, -0.05) is 49.3 Å². The average molecular weight is 507 g/mol. The van der Waals surface area contributed by atoms with Gasteiger partial charge in [0.25, 0.3) is 0 Å². The smallest absolute Gasteiger partial charge is 0.202 e. The van der Waals surface area contributed by atoms with Crippen LogP contribution in [0.3, 0.4) is 0 Å². The van der Waals surface area contributed by atoms with Crippen LogP contribution in [0.5, 0.6) is 5.75 Å². The standard InChI is InChI=1S/C29H30O8/c1-4-14-5-6-15(9-14)10-16-7-8-17-12(2)20-23(26(34)22(17)24(16)32)28(36)29(37)18(25(20)33)11-19(31)21(13(3)30)27(29)35/h5,7-9,12,18,20,25,32-35,37H,4,6,10-11H2,1-3H3/t12-,18+,20+,25+,29+/m1/s1. The van der Waals surface area contributed by atoms with E-state index in [9.17, 15) is 39.9 Å². The average Bonchev–Trinajstić information content (AvgIpc) is 3.30. The van der Waals surface area contributed by atoms with Gasteiger partial charge in [0.05, 0.1) is 11.7 Å². The van der Waals surface area contributed by atoms with E-state index in [2.05, 4.69) is 19.1 Å². The number of carbonyl (C=O) groups is 3. The number of carbonyl (C=O) groups excluding carboxylic acids is 3. The topological polar surface area (TPSA) is 152 Å². The summed E-state index contributed by atoms with van der Waals surface area (Å²) >= 11 is 0. The number of hydrogen-bond donors (Lipinski definition) is 5. The number of aliphatic hydroxyl groups excluding tert-OH is 3. The number of allylic oxidation sites excluding steroid dienone is 5. The monoisotopic (exact) mass is 506 g/mol. The van der Waals surface area contributed by atoms with Crippen molar-refractivity contribution in [3.8, 4) is 5.75 Å². The van der Waals surface area contributed by atoms with Crippen LogP contribution in [0, 0.1) is 11.8 Å². The SMILES string of the molecule is CCC1=CCC(Cc2ccc3c(c2O)C(O)=C2C(=O)[C@@]4(O)C(O)=C(C(C)=O)C(=O)C[C@H]4[C@H](O)[C@H]2[C@@H]3C)=C1. The summed E-state index contributed by atoms with van der Waals surface area (Å²) in [5.74, 6) is -7.53. The summed E-state index contributed by atoms with van der Waals surface area (Å²) in [6.07, 6.45) is 4.30. The molecule has 0 heterocycles. The third-order valence-electron chi connectivity index (χ3n) is 8.53. The van der Waals surface area contributed by atoms with Crippen LogP contribution in [-0.2, 0) is 20.8 Å². The van der Waals surface area contributed by atoms with Crippen LogP contribution in [0.4, 0.5) is 0 Å². The summed E-state index contributed by atoms with van der Waals surface area (Å²) in [6.45, 7) is 4.83. The molecule has 8 heteroatoms. The largest absolute Gasteiger partial charge is 0.508 e. The van der Waals surface area contributed by atoms with Gasteiger partial charge in [0.15, 0.2) is 17.2 Å². The Morgan fingerprint density at radius 1 is 1.16 bits per heavy atom. The molecular weight excluding hydrogens is 476 g/mol. The van der Waals surface area contributed by atoms with E-state index >= 15 is 0 Å². The van der Waals surface area contributed by atoms with Gasteiger partial charge in [-0.15, -0.1) is 0 Å². The maximum atomic E-state index is 13.8. The van der Waals surface area contributed by atoms with E-state index in [1.165, 1.54) is 5.57 Å². The van der Waals surface area contributed by atoms with Crippen LogP contribution in [0.2, 0.25) is 0 Å². The van der Waals surface area contributed by atoms with Gasteiger partial charge in [-0.25, -0.2) is 0 Å². The molecule has 0 radical (unpaired) electrons. The van der Waals surface area contributed by atoms with Gasteiger partial charge in [0.2, 0.25) is 5.78 Å². The maximum Gasteiger partial charge on any atom is 0.202 e. The highest BCUT2D eigenvalue weighted by Gasteiger charge is 2.64. The Morgan fingerprint density at radius 3 is 2.49 bits per heavy atom. The molecule has 1 fully saturated rings. The Balaban J connectivity index is 1.65. The lowest BCUT2D eigenvalue weighted by Crippen LogP contribution is -2.63. The van der Waals surface area contributed by atoms with E-state index in [1.54, 1.807) is 19.1 Å². The first-order chi connectivity index (χ1) is 17.4. The molecule has 37 heavy (non-hydrogen) atoms. The molecular formula is C29H30O8. The normalized spacial score (nSPS) is 31.1. The molecule has 5 rings (SSSR count). The minimum absolute atomic E-state index is 0.0447. The Labute approximate surface area is 213 Å². The number of Topliss-reactive ketones (excluding diaryl/α,β-unsaturated/α-hetero) is 3. The van der Waals surface area contributed by atoms with Crippen LogP contribution >= 0.6 is 0 Å². The second kappa shape index (κ2) is 8.53. The van der Waals surface area contributed by atoms with Crippen molar-refractivity contribution >= 4 is 23.1 Å². The molecule has 1 aromatic carbocycles. The Morgan fingerprint density at radius 2 is 1.86 bits per heavy atom. The van der Waals surface area contributed by atoms with E-state index in [1.807, 2.05) is 0 Å². The van der Waals surface area contributed by atoms with Crippen LogP contribution in [0.15, 0.2) is 52.3 Å². The highest BCUT2D eigenvalue weighted by Crippen LogP contribution is 2.56. The minimum atomic E-state index is -2.75. The summed E-state index contributed by atoms with van der Waals surface area (Å²) in [7, 11) is 0. The van der Waals surface area contributed by atoms with Crippen LogP contribution in [0.1, 0.15) is 62.6 Å². The fraction of sp³-hybridized carbons (Fsp3) is 0.414. The zero-order valence-electron chi connectivity index (χ0n) is 20.9. The molecule has 0 bridgehead atoms.